The average Bonchev–Trinajstić information content (AvgIpc) is 3.17. The highest BCUT2D eigenvalue weighted by atomic mass is 14.8. The third-order valence-electron chi connectivity index (χ3n) is 9.13. The van der Waals surface area contributed by atoms with Gasteiger partial charge in [-0.05, 0) is 95.5 Å². The summed E-state index contributed by atoms with van der Waals surface area (Å²) in [6, 6.07) is 57.1. The van der Waals surface area contributed by atoms with E-state index in [2.05, 4.69) is 126 Å². The Morgan fingerprint density at radius 1 is 0.479 bits per heavy atom. The Labute approximate surface area is 280 Å². The Morgan fingerprint density at radius 2 is 1.04 bits per heavy atom. The van der Waals surface area contributed by atoms with Crippen molar-refractivity contribution in [3.63, 3.8) is 0 Å². The van der Waals surface area contributed by atoms with Gasteiger partial charge in [0.05, 0.1) is 13.1 Å². The summed E-state index contributed by atoms with van der Waals surface area (Å²) in [4.78, 5) is 8.31. The highest BCUT2D eigenvalue weighted by Crippen LogP contribution is 2.42. The monoisotopic (exact) mass is 613 g/mol. The molecule has 226 valence electrons. The third-order valence-corrected chi connectivity index (χ3v) is 9.13. The molecular formula is C45H31N3. The van der Waals surface area contributed by atoms with Crippen molar-refractivity contribution in [1.82, 2.24) is 0 Å². The highest BCUT2D eigenvalue weighted by Gasteiger charge is 2.15. The summed E-state index contributed by atoms with van der Waals surface area (Å²) < 4.78 is 0. The molecule has 0 spiro atoms. The van der Waals surface area contributed by atoms with Crippen LogP contribution >= 0.6 is 0 Å². The van der Waals surface area contributed by atoms with Gasteiger partial charge in [-0.3, -0.25) is 4.99 Å². The number of amidine groups is 1. The van der Waals surface area contributed by atoms with Gasteiger partial charge in [-0.15, -0.1) is 0 Å². The minimum Gasteiger partial charge on any atom is -0.383 e. The summed E-state index contributed by atoms with van der Waals surface area (Å²) in [6.45, 7) is 7.94. The zero-order valence-electron chi connectivity index (χ0n) is 26.3. The lowest BCUT2D eigenvalue weighted by atomic mass is 9.87. The Bertz CT molecular complexity index is 2540. The molecule has 3 nitrogen and oxygen atoms in total. The molecule has 0 aliphatic carbocycles. The van der Waals surface area contributed by atoms with Gasteiger partial charge >= 0.3 is 0 Å². The van der Waals surface area contributed by atoms with E-state index in [4.69, 9.17) is 17.3 Å². The lowest BCUT2D eigenvalue weighted by Gasteiger charge is -2.16. The van der Waals surface area contributed by atoms with E-state index in [1.165, 1.54) is 43.4 Å². The molecule has 0 fully saturated rings. The lowest BCUT2D eigenvalue weighted by Crippen LogP contribution is -2.13. The molecule has 0 radical (unpaired) electrons. The normalized spacial score (nSPS) is 11.6. The summed E-state index contributed by atoms with van der Waals surface area (Å²) in [5, 5.41) is 7.26. The van der Waals surface area contributed by atoms with Crippen LogP contribution in [0.3, 0.4) is 0 Å². The molecule has 2 N–H and O–H groups in total. The van der Waals surface area contributed by atoms with Crippen LogP contribution in [-0.2, 0) is 6.54 Å². The van der Waals surface area contributed by atoms with Gasteiger partial charge in [-0.2, -0.15) is 0 Å². The first-order valence-corrected chi connectivity index (χ1v) is 16.1. The van der Waals surface area contributed by atoms with Crippen molar-refractivity contribution >= 4 is 43.8 Å². The maximum Gasteiger partial charge on any atom is 0.187 e. The number of hydrogen-bond donors (Lipinski definition) is 1. The summed E-state index contributed by atoms with van der Waals surface area (Å²) in [5.74, 6) is 0.533. The van der Waals surface area contributed by atoms with Crippen LogP contribution in [0.4, 0.5) is 5.69 Å². The van der Waals surface area contributed by atoms with Gasteiger partial charge in [0.15, 0.2) is 5.69 Å². The van der Waals surface area contributed by atoms with Gasteiger partial charge in [0.1, 0.15) is 5.84 Å². The second-order valence-corrected chi connectivity index (χ2v) is 12.0. The largest absolute Gasteiger partial charge is 0.383 e. The van der Waals surface area contributed by atoms with Crippen LogP contribution in [0.5, 0.6) is 0 Å². The standard InChI is InChI=1S/C45H31N3/c1-47-36-16-10-13-33(26-36)31-21-23-32(24-22-31)41-27-43-40-20-8-6-18-38(40)42(28-44(43)39-19-7-5-17-37(39)41)34-14-9-15-35(25-34)45(46)48-29-30-11-3-2-4-12-30/h2-28H,29H2,(H2,46,48). The van der Waals surface area contributed by atoms with E-state index in [9.17, 15) is 0 Å². The Kier molecular flexibility index (Phi) is 7.45. The summed E-state index contributed by atoms with van der Waals surface area (Å²) in [5.41, 5.74) is 16.0. The van der Waals surface area contributed by atoms with Crippen LogP contribution < -0.4 is 5.73 Å². The van der Waals surface area contributed by atoms with E-state index < -0.39 is 0 Å². The predicted molar refractivity (Wildman–Crippen MR) is 202 cm³/mol. The van der Waals surface area contributed by atoms with Crippen molar-refractivity contribution in [3.8, 4) is 33.4 Å². The van der Waals surface area contributed by atoms with Crippen LogP contribution in [0.1, 0.15) is 11.1 Å². The van der Waals surface area contributed by atoms with Crippen molar-refractivity contribution in [2.24, 2.45) is 10.7 Å². The number of benzene rings is 8. The van der Waals surface area contributed by atoms with Gasteiger partial charge < -0.3 is 5.73 Å². The topological polar surface area (TPSA) is 42.7 Å². The molecule has 0 aliphatic heterocycles. The van der Waals surface area contributed by atoms with Crippen molar-refractivity contribution in [2.45, 2.75) is 6.54 Å². The fourth-order valence-electron chi connectivity index (χ4n) is 6.72. The number of fused-ring (bicyclic) bond motifs is 5. The zero-order chi connectivity index (χ0) is 32.5. The molecule has 3 heteroatoms. The molecule has 0 atom stereocenters. The van der Waals surface area contributed by atoms with Gasteiger partial charge in [0.25, 0.3) is 0 Å². The molecule has 0 saturated carbocycles. The maximum atomic E-state index is 7.40. The SMILES string of the molecule is [C-]#[N+]c1cccc(-c2ccc(-c3cc4c5ccccc5c(-c5cccc(C(N)=NCc6ccccc6)c5)cc4c4ccccc34)cc2)c1. The fourth-order valence-corrected chi connectivity index (χ4v) is 6.72. The van der Waals surface area contributed by atoms with E-state index >= 15 is 0 Å². The number of nitrogens with zero attached hydrogens (tertiary/aromatic N) is 2. The number of aliphatic imine (C=N–C) groups is 1. The Balaban J connectivity index is 1.26. The summed E-state index contributed by atoms with van der Waals surface area (Å²) >= 11 is 0. The third kappa shape index (κ3) is 5.36. The van der Waals surface area contributed by atoms with Crippen LogP contribution in [0.15, 0.2) is 169 Å². The quantitative estimate of drug-likeness (QED) is 0.0862. The Morgan fingerprint density at radius 3 is 1.71 bits per heavy atom. The zero-order valence-corrected chi connectivity index (χ0v) is 26.3. The first-order valence-electron chi connectivity index (χ1n) is 16.1. The van der Waals surface area contributed by atoms with Crippen LogP contribution in [0, 0.1) is 6.57 Å². The van der Waals surface area contributed by atoms with Crippen molar-refractivity contribution in [3.05, 3.63) is 186 Å². The molecule has 0 amide bonds. The molecule has 0 unspecified atom stereocenters. The smallest absolute Gasteiger partial charge is 0.187 e. The summed E-state index contributed by atoms with van der Waals surface area (Å²) in [6.07, 6.45) is 0. The molecule has 0 aliphatic rings. The second-order valence-electron chi connectivity index (χ2n) is 12.0. The number of rotatable bonds is 6. The highest BCUT2D eigenvalue weighted by molar-refractivity contribution is 6.24. The number of nitrogens with two attached hydrogens (primary N) is 1. The van der Waals surface area contributed by atoms with Gasteiger partial charge in [-0.1, -0.05) is 140 Å². The predicted octanol–water partition coefficient (Wildman–Crippen LogP) is 11.6. The molecule has 0 heterocycles. The molecule has 48 heavy (non-hydrogen) atoms. The second kappa shape index (κ2) is 12.4. The average molecular weight is 614 g/mol. The number of hydrogen-bond acceptors (Lipinski definition) is 1. The minimum atomic E-state index is 0.533. The van der Waals surface area contributed by atoms with Gasteiger partial charge in [-0.25, -0.2) is 4.85 Å². The molecule has 0 bridgehead atoms. The van der Waals surface area contributed by atoms with Crippen LogP contribution in [0.25, 0.3) is 70.5 Å². The lowest BCUT2D eigenvalue weighted by molar-refractivity contribution is 1.06. The van der Waals surface area contributed by atoms with E-state index in [0.717, 1.165) is 33.4 Å². The maximum absolute atomic E-state index is 7.40. The molecule has 8 aromatic rings. The summed E-state index contributed by atoms with van der Waals surface area (Å²) in [7, 11) is 0. The Hall–Kier alpha value is -6.50. The first-order chi connectivity index (χ1) is 23.7. The van der Waals surface area contributed by atoms with E-state index in [1.54, 1.807) is 0 Å². The molecule has 0 saturated heterocycles. The van der Waals surface area contributed by atoms with Gasteiger partial charge in [0.2, 0.25) is 0 Å². The molecular weight excluding hydrogens is 583 g/mol. The molecule has 8 aromatic carbocycles. The van der Waals surface area contributed by atoms with Crippen LogP contribution in [-0.4, -0.2) is 5.84 Å². The van der Waals surface area contributed by atoms with Crippen molar-refractivity contribution < 1.29 is 0 Å². The fraction of sp³-hybridized carbons (Fsp3) is 0.0222. The molecule has 0 aromatic heterocycles. The van der Waals surface area contributed by atoms with Crippen molar-refractivity contribution in [1.29, 1.82) is 0 Å². The van der Waals surface area contributed by atoms with E-state index in [1.807, 2.05) is 42.5 Å². The van der Waals surface area contributed by atoms with Crippen molar-refractivity contribution in [2.75, 3.05) is 0 Å². The van der Waals surface area contributed by atoms with E-state index in [0.29, 0.717) is 18.1 Å². The van der Waals surface area contributed by atoms with E-state index in [-0.39, 0.29) is 0 Å². The van der Waals surface area contributed by atoms with Crippen LogP contribution in [0.2, 0.25) is 0 Å². The first kappa shape index (κ1) is 28.9. The molecule has 8 rings (SSSR count). The minimum absolute atomic E-state index is 0.533. The van der Waals surface area contributed by atoms with Gasteiger partial charge in [0, 0.05) is 5.56 Å².